The largest absolute Gasteiger partial charge is 0.481 e. The minimum atomic E-state index is -3.15. The second-order valence-electron chi connectivity index (χ2n) is 2.94. The number of nitro groups is 1. The Labute approximate surface area is 107 Å². The predicted molar refractivity (Wildman–Crippen MR) is 59.9 cm³/mol. The summed E-state index contributed by atoms with van der Waals surface area (Å²) in [6, 6.07) is 0. The van der Waals surface area contributed by atoms with Crippen molar-refractivity contribution in [3.63, 3.8) is 0 Å². The molecule has 0 radical (unpaired) electrons. The Bertz CT molecular complexity index is 481. The van der Waals surface area contributed by atoms with Crippen molar-refractivity contribution in [1.29, 1.82) is 0 Å². The number of aromatic nitrogens is 1. The summed E-state index contributed by atoms with van der Waals surface area (Å²) in [6.45, 7) is 0. The van der Waals surface area contributed by atoms with E-state index < -0.39 is 40.7 Å². The van der Waals surface area contributed by atoms with E-state index in [0.717, 1.165) is 6.20 Å². The van der Waals surface area contributed by atoms with Crippen molar-refractivity contribution in [2.45, 2.75) is 12.8 Å². The smallest absolute Gasteiger partial charge is 0.309 e. The van der Waals surface area contributed by atoms with Crippen molar-refractivity contribution >= 4 is 34.2 Å². The number of rotatable bonds is 4. The normalized spacial score (nSPS) is 10.6. The number of hydrogen-bond donors (Lipinski definition) is 1. The minimum absolute atomic E-state index is 0.0583. The molecule has 0 fully saturated rings. The topological polar surface area (TPSA) is 93.3 Å². The Morgan fingerprint density at radius 3 is 2.65 bits per heavy atom. The summed E-state index contributed by atoms with van der Waals surface area (Å²) in [6.07, 6.45) is -2.92. The highest BCUT2D eigenvalue weighted by atomic mass is 127. The van der Waals surface area contributed by atoms with Gasteiger partial charge in [-0.1, -0.05) is 0 Å². The van der Waals surface area contributed by atoms with Gasteiger partial charge in [0.15, 0.2) is 0 Å². The lowest BCUT2D eigenvalue weighted by Crippen LogP contribution is -2.10. The molecule has 1 aromatic rings. The molecule has 1 rings (SSSR count). The van der Waals surface area contributed by atoms with Crippen LogP contribution in [0.15, 0.2) is 6.20 Å². The van der Waals surface area contributed by atoms with E-state index in [1.165, 1.54) is 22.6 Å². The summed E-state index contributed by atoms with van der Waals surface area (Å²) in [5.41, 5.74) is -2.20. The molecule has 6 nitrogen and oxygen atoms in total. The zero-order chi connectivity index (χ0) is 13.2. The van der Waals surface area contributed by atoms with Crippen LogP contribution in [0.2, 0.25) is 0 Å². The van der Waals surface area contributed by atoms with Crippen molar-refractivity contribution in [2.75, 3.05) is 0 Å². The molecule has 0 unspecified atom stereocenters. The molecule has 0 atom stereocenters. The molecular weight excluding hydrogens is 353 g/mol. The van der Waals surface area contributed by atoms with Crippen LogP contribution in [0.1, 0.15) is 17.7 Å². The third-order valence-electron chi connectivity index (χ3n) is 1.85. The third kappa shape index (κ3) is 3.05. The average molecular weight is 358 g/mol. The van der Waals surface area contributed by atoms with Gasteiger partial charge in [-0.25, -0.2) is 8.78 Å². The molecular formula is C8H5F2IN2O4. The Kier molecular flexibility index (Phi) is 4.26. The lowest BCUT2D eigenvalue weighted by molar-refractivity contribution is -0.387. The van der Waals surface area contributed by atoms with Gasteiger partial charge in [0.05, 0.1) is 17.0 Å². The monoisotopic (exact) mass is 358 g/mol. The summed E-state index contributed by atoms with van der Waals surface area (Å²) in [5, 5.41) is 19.2. The highest BCUT2D eigenvalue weighted by Gasteiger charge is 2.30. The average Bonchev–Trinajstić information content (AvgIpc) is 2.18. The van der Waals surface area contributed by atoms with Crippen LogP contribution in [-0.4, -0.2) is 21.0 Å². The number of nitrogens with zero attached hydrogens (tertiary/aromatic N) is 2. The summed E-state index contributed by atoms with van der Waals surface area (Å²) in [7, 11) is 0. The number of pyridine rings is 1. The molecule has 0 amide bonds. The second kappa shape index (κ2) is 5.29. The summed E-state index contributed by atoms with van der Waals surface area (Å²) >= 11 is 1.50. The lowest BCUT2D eigenvalue weighted by atomic mass is 10.1. The van der Waals surface area contributed by atoms with E-state index in [2.05, 4.69) is 4.98 Å². The predicted octanol–water partition coefficient (Wildman–Crippen LogP) is 2.16. The Morgan fingerprint density at radius 2 is 2.24 bits per heavy atom. The fraction of sp³-hybridized carbons (Fsp3) is 0.250. The molecule has 0 saturated heterocycles. The fourth-order valence-corrected chi connectivity index (χ4v) is 1.86. The van der Waals surface area contributed by atoms with Crippen molar-refractivity contribution in [2.24, 2.45) is 0 Å². The van der Waals surface area contributed by atoms with Gasteiger partial charge in [0, 0.05) is 6.20 Å². The van der Waals surface area contributed by atoms with E-state index in [4.69, 9.17) is 5.11 Å². The molecule has 17 heavy (non-hydrogen) atoms. The number of alkyl halides is 2. The molecule has 92 valence electrons. The summed E-state index contributed by atoms with van der Waals surface area (Å²) in [4.78, 5) is 23.7. The zero-order valence-electron chi connectivity index (χ0n) is 8.06. The van der Waals surface area contributed by atoms with Crippen LogP contribution in [0.4, 0.5) is 14.5 Å². The van der Waals surface area contributed by atoms with Crippen molar-refractivity contribution in [3.05, 3.63) is 31.1 Å². The highest BCUT2D eigenvalue weighted by Crippen LogP contribution is 2.34. The van der Waals surface area contributed by atoms with E-state index in [9.17, 15) is 23.7 Å². The molecule has 0 saturated carbocycles. The van der Waals surface area contributed by atoms with Gasteiger partial charge in [-0.2, -0.15) is 0 Å². The Morgan fingerprint density at radius 1 is 1.65 bits per heavy atom. The number of hydrogen-bond acceptors (Lipinski definition) is 4. The maximum absolute atomic E-state index is 12.7. The molecule has 9 heteroatoms. The van der Waals surface area contributed by atoms with Gasteiger partial charge in [0.1, 0.15) is 9.13 Å². The zero-order valence-corrected chi connectivity index (χ0v) is 10.2. The van der Waals surface area contributed by atoms with Gasteiger partial charge in [0.2, 0.25) is 0 Å². The maximum atomic E-state index is 12.7. The van der Waals surface area contributed by atoms with Gasteiger partial charge < -0.3 is 5.11 Å². The molecule has 1 aromatic heterocycles. The molecule has 0 aliphatic heterocycles. The minimum Gasteiger partial charge on any atom is -0.481 e. The lowest BCUT2D eigenvalue weighted by Gasteiger charge is -2.07. The number of aliphatic carboxylic acids is 1. The van der Waals surface area contributed by atoms with E-state index in [0.29, 0.717) is 0 Å². The standard InChI is InChI=1S/C8H5F2IN2O4/c9-8(10)6-4(1-5(14)15)12-2-3(11)7(6)13(16)17/h2,8H,1H2,(H,14,15). The van der Waals surface area contributed by atoms with Crippen LogP contribution in [0.25, 0.3) is 0 Å². The van der Waals surface area contributed by atoms with Crippen LogP contribution in [0.5, 0.6) is 0 Å². The summed E-state index contributed by atoms with van der Waals surface area (Å²) in [5.74, 6) is -1.38. The first kappa shape index (κ1) is 13.7. The first-order valence-electron chi connectivity index (χ1n) is 4.16. The highest BCUT2D eigenvalue weighted by molar-refractivity contribution is 14.1. The molecule has 0 aliphatic carbocycles. The van der Waals surface area contributed by atoms with E-state index in [1.807, 2.05) is 0 Å². The van der Waals surface area contributed by atoms with Crippen LogP contribution >= 0.6 is 22.6 Å². The van der Waals surface area contributed by atoms with Gasteiger partial charge in [-0.15, -0.1) is 0 Å². The first-order valence-corrected chi connectivity index (χ1v) is 5.24. The fourth-order valence-electron chi connectivity index (χ4n) is 1.23. The quantitative estimate of drug-likeness (QED) is 0.506. The molecule has 1 heterocycles. The van der Waals surface area contributed by atoms with Crippen LogP contribution in [0.3, 0.4) is 0 Å². The van der Waals surface area contributed by atoms with Gasteiger partial charge in [-0.3, -0.25) is 19.9 Å². The van der Waals surface area contributed by atoms with Crippen molar-refractivity contribution < 1.29 is 23.6 Å². The van der Waals surface area contributed by atoms with Gasteiger partial charge in [0.25, 0.3) is 12.1 Å². The van der Waals surface area contributed by atoms with Crippen molar-refractivity contribution in [3.8, 4) is 0 Å². The van der Waals surface area contributed by atoms with Crippen LogP contribution in [-0.2, 0) is 11.2 Å². The molecule has 0 aliphatic rings. The number of carboxylic acids is 1. The third-order valence-corrected chi connectivity index (χ3v) is 2.63. The summed E-state index contributed by atoms with van der Waals surface area (Å²) < 4.78 is 25.4. The van der Waals surface area contributed by atoms with E-state index >= 15 is 0 Å². The van der Waals surface area contributed by atoms with Crippen LogP contribution in [0, 0.1) is 13.7 Å². The molecule has 0 bridgehead atoms. The van der Waals surface area contributed by atoms with Gasteiger partial charge >= 0.3 is 5.97 Å². The molecule has 1 N–H and O–H groups in total. The Balaban J connectivity index is 3.47. The second-order valence-corrected chi connectivity index (χ2v) is 4.11. The Hall–Kier alpha value is -1.39. The number of halogens is 3. The SMILES string of the molecule is O=C(O)Cc1ncc(I)c([N+](=O)[O-])c1C(F)F. The van der Waals surface area contributed by atoms with E-state index in [-0.39, 0.29) is 3.57 Å². The maximum Gasteiger partial charge on any atom is 0.309 e. The molecule has 0 spiro atoms. The van der Waals surface area contributed by atoms with Crippen molar-refractivity contribution in [1.82, 2.24) is 4.98 Å². The first-order chi connectivity index (χ1) is 7.84. The van der Waals surface area contributed by atoms with Gasteiger partial charge in [-0.05, 0) is 22.6 Å². The number of carboxylic acid groups (broad SMARTS) is 1. The number of carbonyl (C=O) groups is 1. The van der Waals surface area contributed by atoms with Crippen LogP contribution < -0.4 is 0 Å². The van der Waals surface area contributed by atoms with E-state index in [1.54, 1.807) is 0 Å². The molecule has 0 aromatic carbocycles.